The molecule has 18 heteroatoms. The van der Waals surface area contributed by atoms with Crippen molar-refractivity contribution in [2.75, 3.05) is 5.75 Å². The van der Waals surface area contributed by atoms with Crippen LogP contribution < -0.4 is 10.6 Å². The van der Waals surface area contributed by atoms with Crippen molar-refractivity contribution >= 4 is 73.7 Å². The first-order valence-corrected chi connectivity index (χ1v) is 25.7. The monoisotopic (exact) mass is 976 g/mol. The number of benzene rings is 2. The van der Waals surface area contributed by atoms with E-state index in [4.69, 9.17) is 0 Å². The minimum atomic E-state index is -3.61. The third kappa shape index (κ3) is 10.8. The number of fused-ring (bicyclic) bond motifs is 2. The first-order valence-electron chi connectivity index (χ1n) is 22.1. The van der Waals surface area contributed by atoms with Crippen LogP contribution in [0.1, 0.15) is 137 Å². The number of ketones is 1. The third-order valence-corrected chi connectivity index (χ3v) is 16.4. The molecule has 4 aliphatic heterocycles. The summed E-state index contributed by atoms with van der Waals surface area (Å²) in [6, 6.07) is 12.1. The Morgan fingerprint density at radius 1 is 0.657 bits per heavy atom. The summed E-state index contributed by atoms with van der Waals surface area (Å²) in [7, 11) is -3.33. The van der Waals surface area contributed by atoms with Gasteiger partial charge in [0, 0.05) is 58.4 Å². The highest BCUT2D eigenvalue weighted by Crippen LogP contribution is 2.38. The fraction of sp³-hybridized carbons (Fsp3) is 0.449. The van der Waals surface area contributed by atoms with E-state index in [1.54, 1.807) is 22.9 Å². The van der Waals surface area contributed by atoms with E-state index in [2.05, 4.69) is 31.4 Å². The summed E-state index contributed by atoms with van der Waals surface area (Å²) in [6.45, 7) is 12.7. The highest BCUT2D eigenvalue weighted by molar-refractivity contribution is 7.90. The van der Waals surface area contributed by atoms with Gasteiger partial charge in [-0.05, 0) is 64.3 Å². The lowest BCUT2D eigenvalue weighted by Crippen LogP contribution is -2.52. The second kappa shape index (κ2) is 18.9. The molecule has 0 bridgehead atoms. The molecule has 6 amide bonds. The molecular formula is C49H54F2N4O9S3. The van der Waals surface area contributed by atoms with Crippen molar-refractivity contribution < 1.29 is 50.8 Å². The Balaban J connectivity index is 0.000000199. The molecule has 2 saturated heterocycles. The predicted molar refractivity (Wildman–Crippen MR) is 249 cm³/mol. The van der Waals surface area contributed by atoms with Crippen LogP contribution in [-0.4, -0.2) is 77.3 Å². The molecule has 4 aromatic rings. The molecule has 67 heavy (non-hydrogen) atoms. The summed E-state index contributed by atoms with van der Waals surface area (Å²) in [5, 5.41) is 7.93. The number of hydrogen-bond acceptors (Lipinski definition) is 11. The number of Topliss-reactive ketones (excluding diaryl/α,β-unsaturated/α-hetero) is 1. The van der Waals surface area contributed by atoms with Crippen molar-refractivity contribution in [1.29, 1.82) is 0 Å². The lowest BCUT2D eigenvalue weighted by Gasteiger charge is -2.29. The Morgan fingerprint density at radius 3 is 1.51 bits per heavy atom. The van der Waals surface area contributed by atoms with Crippen molar-refractivity contribution in [2.24, 2.45) is 0 Å². The van der Waals surface area contributed by atoms with Gasteiger partial charge in [0.05, 0.1) is 22.6 Å². The molecule has 6 heterocycles. The van der Waals surface area contributed by atoms with Crippen LogP contribution in [0.4, 0.5) is 8.78 Å². The zero-order valence-electron chi connectivity index (χ0n) is 38.3. The minimum absolute atomic E-state index is 0.00637. The smallest absolute Gasteiger partial charge is 0.322 e. The zero-order valence-corrected chi connectivity index (χ0v) is 40.7. The lowest BCUT2D eigenvalue weighted by atomic mass is 9.86. The Kier molecular flexibility index (Phi) is 14.0. The summed E-state index contributed by atoms with van der Waals surface area (Å²) < 4.78 is 55.2. The van der Waals surface area contributed by atoms with Gasteiger partial charge in [-0.25, -0.2) is 8.42 Å². The number of hydrogen-bond donors (Lipinski definition) is 2. The van der Waals surface area contributed by atoms with Crippen molar-refractivity contribution in [2.45, 2.75) is 134 Å². The van der Waals surface area contributed by atoms with Gasteiger partial charge in [0.2, 0.25) is 29.4 Å². The molecule has 8 rings (SSSR count). The number of halogens is 2. The fourth-order valence-corrected chi connectivity index (χ4v) is 12.2. The van der Waals surface area contributed by atoms with Gasteiger partial charge in [0.15, 0.2) is 9.84 Å². The van der Waals surface area contributed by atoms with Gasteiger partial charge < -0.3 is 9.80 Å². The molecule has 0 aliphatic carbocycles. The summed E-state index contributed by atoms with van der Waals surface area (Å²) in [6.07, 6.45) is 0.965. The van der Waals surface area contributed by atoms with Crippen molar-refractivity contribution in [3.05, 3.63) is 114 Å². The van der Waals surface area contributed by atoms with Crippen LogP contribution >= 0.6 is 22.7 Å². The number of sulfone groups is 1. The second-order valence-corrected chi connectivity index (χ2v) is 23.6. The van der Waals surface area contributed by atoms with Gasteiger partial charge in [-0.1, -0.05) is 90.1 Å². The number of aryl methyl sites for hydroxylation is 2. The van der Waals surface area contributed by atoms with E-state index in [1.807, 2.05) is 45.0 Å². The number of amides is 6. The van der Waals surface area contributed by atoms with Crippen molar-refractivity contribution in [3.8, 4) is 0 Å². The molecule has 2 fully saturated rings. The van der Waals surface area contributed by atoms with E-state index in [0.29, 0.717) is 34.4 Å². The first kappa shape index (κ1) is 49.4. The van der Waals surface area contributed by atoms with Gasteiger partial charge in [0.1, 0.15) is 12.1 Å². The number of thiophene rings is 2. The number of carbonyl (C=O) groups is 7. The van der Waals surface area contributed by atoms with E-state index in [0.717, 1.165) is 27.1 Å². The van der Waals surface area contributed by atoms with Crippen LogP contribution in [0.5, 0.6) is 0 Å². The van der Waals surface area contributed by atoms with Crippen molar-refractivity contribution in [3.63, 3.8) is 0 Å². The van der Waals surface area contributed by atoms with Crippen LogP contribution in [0.25, 0.3) is 0 Å². The number of rotatable bonds is 12. The molecule has 2 N–H and O–H groups in total. The van der Waals surface area contributed by atoms with E-state index in [-0.39, 0.29) is 96.7 Å². The van der Waals surface area contributed by atoms with E-state index in [9.17, 15) is 50.8 Å². The van der Waals surface area contributed by atoms with Gasteiger partial charge in [-0.2, -0.15) is 8.78 Å². The molecule has 0 radical (unpaired) electrons. The van der Waals surface area contributed by atoms with Gasteiger partial charge in [-0.3, -0.25) is 44.2 Å². The average Bonchev–Trinajstić information content (AvgIpc) is 4.01. The summed E-state index contributed by atoms with van der Waals surface area (Å²) in [5.74, 6) is -7.00. The number of nitrogens with zero attached hydrogens (tertiary/aromatic N) is 2. The fourth-order valence-electron chi connectivity index (χ4n) is 8.63. The lowest BCUT2D eigenvalue weighted by molar-refractivity contribution is -0.144. The quantitative estimate of drug-likeness (QED) is 0.140. The molecule has 2 aromatic heterocycles. The SMILES string of the molecule is CC(C)(C)c1ccc(C(F)(F)C(=O)CCc2scc3c2CN(C2CCC(=O)NC2=O)C3=O)cc1.CC(C)(C)c1ccc(CS(=O)(=O)CCc2scc3c2CN(C2CCC(=O)NC2=O)C3=O)cc1. The zero-order chi connectivity index (χ0) is 48.8. The molecule has 356 valence electrons. The van der Waals surface area contributed by atoms with Crippen LogP contribution in [0.15, 0.2) is 59.3 Å². The molecule has 0 spiro atoms. The molecule has 2 aromatic carbocycles. The van der Waals surface area contributed by atoms with Crippen LogP contribution in [0.3, 0.4) is 0 Å². The normalized spacial score (nSPS) is 18.9. The molecule has 13 nitrogen and oxygen atoms in total. The van der Waals surface area contributed by atoms with E-state index < -0.39 is 45.4 Å². The number of nitrogens with one attached hydrogen (secondary N) is 2. The maximum absolute atomic E-state index is 14.8. The van der Waals surface area contributed by atoms with Gasteiger partial charge in [0.25, 0.3) is 11.8 Å². The highest BCUT2D eigenvalue weighted by Gasteiger charge is 2.44. The van der Waals surface area contributed by atoms with E-state index >= 15 is 0 Å². The molecular weight excluding hydrogens is 923 g/mol. The number of alkyl halides is 2. The summed E-state index contributed by atoms with van der Waals surface area (Å²) >= 11 is 2.65. The maximum atomic E-state index is 14.8. The van der Waals surface area contributed by atoms with Crippen LogP contribution in [0.2, 0.25) is 0 Å². The first-order chi connectivity index (χ1) is 31.3. The van der Waals surface area contributed by atoms with Gasteiger partial charge >= 0.3 is 5.92 Å². The molecule has 4 aliphatic rings. The Labute approximate surface area is 396 Å². The Bertz CT molecular complexity index is 2750. The van der Waals surface area contributed by atoms with Crippen LogP contribution in [-0.2, 0) is 82.2 Å². The maximum Gasteiger partial charge on any atom is 0.330 e. The largest absolute Gasteiger partial charge is 0.330 e. The number of carbonyl (C=O) groups excluding carboxylic acids is 7. The Hall–Kier alpha value is -5.46. The topological polar surface area (TPSA) is 184 Å². The standard InChI is InChI=1S/C25H26F2N2O4S.C24H28N2O5S2/c1-24(2,3)14-4-6-15(7-5-14)25(26,27)20(30)10-9-19-16-12-29(23(33)17(16)13-34-19)18-8-11-21(31)28-22(18)32;1-24(2,3)16-6-4-15(5-7-16)14-33(30,31)11-10-20-17-12-26(23(29)18(17)13-32-20)19-8-9-21(27)25-22(19)28/h4-7,13,18H,8-12H2,1-3H3,(H,28,31,32);4-7,13,19H,8-12,14H2,1-3H3,(H,25,27,28). The van der Waals surface area contributed by atoms with Crippen LogP contribution in [0, 0.1) is 0 Å². The van der Waals surface area contributed by atoms with Gasteiger partial charge in [-0.15, -0.1) is 22.7 Å². The molecule has 2 atom stereocenters. The third-order valence-electron chi connectivity index (χ3n) is 12.7. The minimum Gasteiger partial charge on any atom is -0.322 e. The second-order valence-electron chi connectivity index (χ2n) is 19.5. The Morgan fingerprint density at radius 2 is 1.07 bits per heavy atom. The predicted octanol–water partition coefficient (Wildman–Crippen LogP) is 7.06. The van der Waals surface area contributed by atoms with Crippen molar-refractivity contribution in [1.82, 2.24) is 20.4 Å². The molecule has 0 saturated carbocycles. The summed E-state index contributed by atoms with van der Waals surface area (Å²) in [4.78, 5) is 89.8. The molecule has 2 unspecified atom stereocenters. The highest BCUT2D eigenvalue weighted by atomic mass is 32.2. The number of piperidine rings is 2. The van der Waals surface area contributed by atoms with E-state index in [1.165, 1.54) is 44.6 Å². The average molecular weight is 977 g/mol. The summed E-state index contributed by atoms with van der Waals surface area (Å²) in [5.41, 5.74) is 4.76. The number of imide groups is 2.